The van der Waals surface area contributed by atoms with Crippen LogP contribution in [-0.4, -0.2) is 46.3 Å². The highest BCUT2D eigenvalue weighted by Gasteiger charge is 2.18. The first-order valence-electron chi connectivity index (χ1n) is 6.86. The van der Waals surface area contributed by atoms with E-state index < -0.39 is 0 Å². The van der Waals surface area contributed by atoms with Crippen LogP contribution in [0.25, 0.3) is 11.0 Å². The summed E-state index contributed by atoms with van der Waals surface area (Å²) >= 11 is 0. The second-order valence-corrected chi connectivity index (χ2v) is 5.14. The lowest BCUT2D eigenvalue weighted by atomic mass is 10.0. The standard InChI is InChI=1S/C14H19N5/c1-19-9-5-4-6-11(19)10-15-14-16-12-7-2-3-8-13(12)17-18-14/h2-3,7-8,11H,4-6,9-10H2,1H3,(H,15,16,18). The van der Waals surface area contributed by atoms with Crippen LogP contribution in [0, 0.1) is 0 Å². The zero-order valence-corrected chi connectivity index (χ0v) is 11.2. The first-order chi connectivity index (χ1) is 9.33. The Hall–Kier alpha value is -1.75. The van der Waals surface area contributed by atoms with Gasteiger partial charge in [0, 0.05) is 12.6 Å². The Morgan fingerprint density at radius 3 is 2.89 bits per heavy atom. The molecule has 3 rings (SSSR count). The number of likely N-dealkylation sites (N-methyl/N-ethyl adjacent to an activating group) is 1. The number of nitrogens with one attached hydrogen (secondary N) is 1. The van der Waals surface area contributed by atoms with Gasteiger partial charge in [-0.25, -0.2) is 4.98 Å². The average molecular weight is 257 g/mol. The first kappa shape index (κ1) is 12.3. The van der Waals surface area contributed by atoms with Crippen molar-refractivity contribution in [2.24, 2.45) is 0 Å². The number of rotatable bonds is 3. The smallest absolute Gasteiger partial charge is 0.243 e. The fourth-order valence-corrected chi connectivity index (χ4v) is 2.57. The van der Waals surface area contributed by atoms with Crippen LogP contribution in [0.2, 0.25) is 0 Å². The van der Waals surface area contributed by atoms with Gasteiger partial charge in [0.25, 0.3) is 0 Å². The number of fused-ring (bicyclic) bond motifs is 1. The predicted octanol–water partition coefficient (Wildman–Crippen LogP) is 1.92. The molecule has 2 aromatic rings. The minimum Gasteiger partial charge on any atom is -0.351 e. The lowest BCUT2D eigenvalue weighted by molar-refractivity contribution is 0.194. The van der Waals surface area contributed by atoms with Gasteiger partial charge in [-0.3, -0.25) is 0 Å². The van der Waals surface area contributed by atoms with Gasteiger partial charge in [0.1, 0.15) is 5.52 Å². The minimum atomic E-state index is 0.573. The Morgan fingerprint density at radius 2 is 2.05 bits per heavy atom. The van der Waals surface area contributed by atoms with E-state index in [4.69, 9.17) is 0 Å². The molecule has 1 fully saturated rings. The van der Waals surface area contributed by atoms with Crippen LogP contribution < -0.4 is 5.32 Å². The molecule has 1 aliphatic rings. The van der Waals surface area contributed by atoms with Crippen molar-refractivity contribution in [3.05, 3.63) is 24.3 Å². The fourth-order valence-electron chi connectivity index (χ4n) is 2.57. The number of nitrogens with zero attached hydrogens (tertiary/aromatic N) is 4. The van der Waals surface area contributed by atoms with Crippen molar-refractivity contribution in [2.45, 2.75) is 25.3 Å². The molecule has 100 valence electrons. The van der Waals surface area contributed by atoms with Crippen molar-refractivity contribution in [1.82, 2.24) is 20.1 Å². The number of likely N-dealkylation sites (tertiary alicyclic amines) is 1. The predicted molar refractivity (Wildman–Crippen MR) is 76.1 cm³/mol. The number of anilines is 1. The molecule has 1 N–H and O–H groups in total. The van der Waals surface area contributed by atoms with Crippen molar-refractivity contribution >= 4 is 17.0 Å². The summed E-state index contributed by atoms with van der Waals surface area (Å²) in [6.07, 6.45) is 3.86. The maximum atomic E-state index is 4.48. The van der Waals surface area contributed by atoms with Gasteiger partial charge in [-0.05, 0) is 38.6 Å². The highest BCUT2D eigenvalue weighted by Crippen LogP contribution is 2.15. The Labute approximate surface area is 113 Å². The van der Waals surface area contributed by atoms with Crippen LogP contribution >= 0.6 is 0 Å². The molecule has 2 heterocycles. The minimum absolute atomic E-state index is 0.573. The number of hydrogen-bond donors (Lipinski definition) is 1. The van der Waals surface area contributed by atoms with Gasteiger partial charge in [-0.2, -0.15) is 0 Å². The van der Waals surface area contributed by atoms with E-state index in [1.807, 2.05) is 24.3 Å². The van der Waals surface area contributed by atoms with E-state index in [-0.39, 0.29) is 0 Å². The van der Waals surface area contributed by atoms with E-state index in [1.165, 1.54) is 25.8 Å². The van der Waals surface area contributed by atoms with Crippen molar-refractivity contribution in [3.8, 4) is 0 Å². The normalized spacial score (nSPS) is 20.6. The Bertz CT molecular complexity index is 556. The molecule has 5 nitrogen and oxygen atoms in total. The lowest BCUT2D eigenvalue weighted by Gasteiger charge is -2.32. The molecule has 0 saturated carbocycles. The highest BCUT2D eigenvalue weighted by atomic mass is 15.2. The molecular formula is C14H19N5. The molecule has 1 aromatic heterocycles. The largest absolute Gasteiger partial charge is 0.351 e. The van der Waals surface area contributed by atoms with Crippen LogP contribution in [0.3, 0.4) is 0 Å². The molecular weight excluding hydrogens is 238 g/mol. The van der Waals surface area contributed by atoms with Gasteiger partial charge in [-0.1, -0.05) is 18.6 Å². The average Bonchev–Trinajstić information content (AvgIpc) is 2.46. The van der Waals surface area contributed by atoms with E-state index in [0.717, 1.165) is 17.6 Å². The van der Waals surface area contributed by atoms with E-state index in [2.05, 4.69) is 32.4 Å². The van der Waals surface area contributed by atoms with Crippen molar-refractivity contribution in [1.29, 1.82) is 0 Å². The molecule has 1 atom stereocenters. The zero-order chi connectivity index (χ0) is 13.1. The van der Waals surface area contributed by atoms with Crippen LogP contribution in [0.1, 0.15) is 19.3 Å². The Morgan fingerprint density at radius 1 is 1.21 bits per heavy atom. The van der Waals surface area contributed by atoms with Crippen molar-refractivity contribution < 1.29 is 0 Å². The van der Waals surface area contributed by atoms with Crippen LogP contribution in [-0.2, 0) is 0 Å². The molecule has 0 amide bonds. The molecule has 0 bridgehead atoms. The molecule has 0 aliphatic carbocycles. The van der Waals surface area contributed by atoms with Crippen molar-refractivity contribution in [2.75, 3.05) is 25.5 Å². The maximum absolute atomic E-state index is 4.48. The second-order valence-electron chi connectivity index (χ2n) is 5.14. The summed E-state index contributed by atoms with van der Waals surface area (Å²) < 4.78 is 0. The van der Waals surface area contributed by atoms with E-state index in [0.29, 0.717) is 12.0 Å². The van der Waals surface area contributed by atoms with Gasteiger partial charge >= 0.3 is 0 Å². The van der Waals surface area contributed by atoms with Crippen LogP contribution in [0.15, 0.2) is 24.3 Å². The molecule has 1 unspecified atom stereocenters. The van der Waals surface area contributed by atoms with Gasteiger partial charge < -0.3 is 10.2 Å². The number of aromatic nitrogens is 3. The summed E-state index contributed by atoms with van der Waals surface area (Å²) in [5, 5.41) is 11.6. The van der Waals surface area contributed by atoms with Crippen molar-refractivity contribution in [3.63, 3.8) is 0 Å². The molecule has 5 heteroatoms. The lowest BCUT2D eigenvalue weighted by Crippen LogP contribution is -2.41. The molecule has 1 saturated heterocycles. The first-order valence-corrected chi connectivity index (χ1v) is 6.86. The van der Waals surface area contributed by atoms with Crippen LogP contribution in [0.5, 0.6) is 0 Å². The Balaban J connectivity index is 1.67. The number of hydrogen-bond acceptors (Lipinski definition) is 5. The summed E-state index contributed by atoms with van der Waals surface area (Å²) in [4.78, 5) is 6.89. The van der Waals surface area contributed by atoms with Gasteiger partial charge in [0.05, 0.1) is 5.52 Å². The van der Waals surface area contributed by atoms with E-state index in [1.54, 1.807) is 0 Å². The van der Waals surface area contributed by atoms with Gasteiger partial charge in [0.2, 0.25) is 5.95 Å². The zero-order valence-electron chi connectivity index (χ0n) is 11.2. The summed E-state index contributed by atoms with van der Waals surface area (Å²) in [6.45, 7) is 2.07. The maximum Gasteiger partial charge on any atom is 0.243 e. The highest BCUT2D eigenvalue weighted by molar-refractivity contribution is 5.73. The number of para-hydroxylation sites is 1. The van der Waals surface area contributed by atoms with E-state index >= 15 is 0 Å². The SMILES string of the molecule is CN1CCCCC1CNc1nnc2ccccc2n1. The van der Waals surface area contributed by atoms with E-state index in [9.17, 15) is 0 Å². The second kappa shape index (κ2) is 5.48. The van der Waals surface area contributed by atoms with Gasteiger partial charge in [-0.15, -0.1) is 10.2 Å². The number of piperidine rings is 1. The third kappa shape index (κ3) is 2.81. The number of benzene rings is 1. The molecule has 1 aliphatic heterocycles. The Kier molecular flexibility index (Phi) is 3.55. The molecule has 0 spiro atoms. The molecule has 0 radical (unpaired) electrons. The fraction of sp³-hybridized carbons (Fsp3) is 0.500. The quantitative estimate of drug-likeness (QED) is 0.910. The molecule has 1 aromatic carbocycles. The van der Waals surface area contributed by atoms with Gasteiger partial charge in [0.15, 0.2) is 0 Å². The summed E-state index contributed by atoms with van der Waals surface area (Å²) in [6, 6.07) is 8.37. The molecule has 19 heavy (non-hydrogen) atoms. The monoisotopic (exact) mass is 257 g/mol. The third-order valence-corrected chi connectivity index (χ3v) is 3.78. The summed E-state index contributed by atoms with van der Waals surface area (Å²) in [5.41, 5.74) is 1.72. The summed E-state index contributed by atoms with van der Waals surface area (Å²) in [7, 11) is 2.19. The topological polar surface area (TPSA) is 53.9 Å². The van der Waals surface area contributed by atoms with Crippen LogP contribution in [0.4, 0.5) is 5.95 Å². The third-order valence-electron chi connectivity index (χ3n) is 3.78. The summed E-state index contributed by atoms with van der Waals surface area (Å²) in [5.74, 6) is 0.623.